The Hall–Kier alpha value is -3.54. The SMILES string of the molecule is COc1cc(C(=O)CCC(O)(c2cc3c(c(-c4ccc(F)cc4)n2)OCC3(C)N)C(F)(F)F)ccc1CCCO. The van der Waals surface area contributed by atoms with Crippen molar-refractivity contribution in [3.8, 4) is 22.8 Å². The number of alkyl halides is 3. The van der Waals surface area contributed by atoms with Gasteiger partial charge in [0, 0.05) is 29.7 Å². The molecule has 11 heteroatoms. The summed E-state index contributed by atoms with van der Waals surface area (Å²) >= 11 is 0. The highest BCUT2D eigenvalue weighted by Gasteiger charge is 2.56. The predicted molar refractivity (Wildman–Crippen MR) is 139 cm³/mol. The number of aryl methyl sites for hydroxylation is 1. The highest BCUT2D eigenvalue weighted by Crippen LogP contribution is 2.48. The molecule has 40 heavy (non-hydrogen) atoms. The lowest BCUT2D eigenvalue weighted by Gasteiger charge is -2.31. The van der Waals surface area contributed by atoms with Crippen LogP contribution >= 0.6 is 0 Å². The van der Waals surface area contributed by atoms with Crippen LogP contribution in [0.3, 0.4) is 0 Å². The Morgan fingerprint density at radius 3 is 2.50 bits per heavy atom. The molecule has 0 fully saturated rings. The van der Waals surface area contributed by atoms with Crippen molar-refractivity contribution >= 4 is 5.78 Å². The third kappa shape index (κ3) is 5.67. The zero-order chi connectivity index (χ0) is 29.3. The molecule has 1 aliphatic rings. The number of nitrogens with zero attached hydrogens (tertiary/aromatic N) is 1. The zero-order valence-corrected chi connectivity index (χ0v) is 22.0. The second-order valence-electron chi connectivity index (χ2n) is 10.1. The average molecular weight is 563 g/mol. The molecule has 4 N–H and O–H groups in total. The fraction of sp³-hybridized carbons (Fsp3) is 0.379. The van der Waals surface area contributed by atoms with Crippen LogP contribution in [-0.2, 0) is 17.6 Å². The number of ether oxygens (including phenoxy) is 2. The minimum absolute atomic E-state index is 0.0288. The largest absolute Gasteiger partial charge is 0.496 e. The molecule has 2 unspecified atom stereocenters. The van der Waals surface area contributed by atoms with Gasteiger partial charge in [0.25, 0.3) is 0 Å². The van der Waals surface area contributed by atoms with E-state index in [0.29, 0.717) is 18.6 Å². The maximum atomic E-state index is 14.5. The standard InChI is InChI=1S/C29H30F4N2O5/c1-27(34)16-40-26-21(27)15-24(35-25(26)18-7-9-20(30)10-8-18)28(38,29(31,32)33)12-11-22(37)19-6-5-17(4-3-13-36)23(14-19)39-2/h5-10,14-15,36,38H,3-4,11-13,16,34H2,1-2H3. The van der Waals surface area contributed by atoms with Crippen LogP contribution in [0.1, 0.15) is 53.4 Å². The van der Waals surface area contributed by atoms with E-state index in [0.717, 1.165) is 23.8 Å². The number of hydrogen-bond acceptors (Lipinski definition) is 7. The molecular weight excluding hydrogens is 532 g/mol. The van der Waals surface area contributed by atoms with Crippen molar-refractivity contribution < 1.29 is 42.0 Å². The quantitative estimate of drug-likeness (QED) is 0.240. The highest BCUT2D eigenvalue weighted by molar-refractivity contribution is 5.96. The Bertz CT molecular complexity index is 1390. The summed E-state index contributed by atoms with van der Waals surface area (Å²) in [6, 6.07) is 10.5. The van der Waals surface area contributed by atoms with Gasteiger partial charge >= 0.3 is 6.18 Å². The first-order valence-corrected chi connectivity index (χ1v) is 12.6. The van der Waals surface area contributed by atoms with Crippen molar-refractivity contribution in [1.29, 1.82) is 0 Å². The molecule has 0 radical (unpaired) electrons. The molecule has 4 rings (SSSR count). The van der Waals surface area contributed by atoms with E-state index in [-0.39, 0.29) is 41.3 Å². The average Bonchev–Trinajstić information content (AvgIpc) is 3.23. The van der Waals surface area contributed by atoms with Gasteiger partial charge in [0.15, 0.2) is 11.5 Å². The number of carbonyl (C=O) groups excluding carboxylic acids is 1. The number of fused-ring (bicyclic) bond motifs is 1. The second-order valence-corrected chi connectivity index (χ2v) is 10.1. The van der Waals surface area contributed by atoms with Gasteiger partial charge in [-0.2, -0.15) is 13.2 Å². The van der Waals surface area contributed by atoms with Gasteiger partial charge in [0.2, 0.25) is 5.60 Å². The number of rotatable bonds is 10. The number of halogens is 4. The van der Waals surface area contributed by atoms with E-state index in [2.05, 4.69) is 4.98 Å². The number of carbonyl (C=O) groups is 1. The molecule has 0 amide bonds. The summed E-state index contributed by atoms with van der Waals surface area (Å²) < 4.78 is 68.1. The first kappa shape index (κ1) is 29.4. The van der Waals surface area contributed by atoms with Crippen LogP contribution in [0.15, 0.2) is 48.5 Å². The summed E-state index contributed by atoms with van der Waals surface area (Å²) in [7, 11) is 1.40. The predicted octanol–water partition coefficient (Wildman–Crippen LogP) is 4.80. The minimum atomic E-state index is -5.20. The van der Waals surface area contributed by atoms with E-state index in [9.17, 15) is 27.5 Å². The molecule has 2 aromatic carbocycles. The normalized spacial score (nSPS) is 18.1. The Balaban J connectivity index is 1.71. The van der Waals surface area contributed by atoms with Crippen molar-refractivity contribution in [2.75, 3.05) is 20.3 Å². The van der Waals surface area contributed by atoms with Gasteiger partial charge in [-0.05, 0) is 68.1 Å². The van der Waals surface area contributed by atoms with Gasteiger partial charge in [-0.3, -0.25) is 4.79 Å². The van der Waals surface area contributed by atoms with Crippen LogP contribution in [0.2, 0.25) is 0 Å². The van der Waals surface area contributed by atoms with Crippen molar-refractivity contribution in [2.24, 2.45) is 5.73 Å². The zero-order valence-electron chi connectivity index (χ0n) is 22.0. The summed E-state index contributed by atoms with van der Waals surface area (Å²) in [4.78, 5) is 17.1. The van der Waals surface area contributed by atoms with Crippen LogP contribution in [0, 0.1) is 5.82 Å². The van der Waals surface area contributed by atoms with Gasteiger partial charge in [0.05, 0.1) is 18.3 Å². The number of nitrogens with two attached hydrogens (primary N) is 1. The topological polar surface area (TPSA) is 115 Å². The van der Waals surface area contributed by atoms with Crippen LogP contribution in [0.25, 0.3) is 11.3 Å². The first-order chi connectivity index (χ1) is 18.8. The fourth-order valence-corrected chi connectivity index (χ4v) is 4.67. The number of benzene rings is 2. The molecule has 2 atom stereocenters. The maximum absolute atomic E-state index is 14.5. The molecule has 0 aliphatic carbocycles. The van der Waals surface area contributed by atoms with Crippen LogP contribution in [-0.4, -0.2) is 47.5 Å². The molecule has 0 spiro atoms. The Morgan fingerprint density at radius 1 is 1.18 bits per heavy atom. The number of hydrogen-bond donors (Lipinski definition) is 3. The van der Waals surface area contributed by atoms with E-state index in [4.69, 9.17) is 20.3 Å². The lowest BCUT2D eigenvalue weighted by Crippen LogP contribution is -2.44. The summed E-state index contributed by atoms with van der Waals surface area (Å²) in [5.41, 5.74) is 2.16. The number of ketones is 1. The first-order valence-electron chi connectivity index (χ1n) is 12.6. The van der Waals surface area contributed by atoms with E-state index in [1.54, 1.807) is 13.0 Å². The molecule has 3 aromatic rings. The smallest absolute Gasteiger partial charge is 0.422 e. The Kier molecular flexibility index (Phi) is 8.21. The van der Waals surface area contributed by atoms with Gasteiger partial charge in [-0.15, -0.1) is 0 Å². The molecule has 1 aromatic heterocycles. The van der Waals surface area contributed by atoms with Gasteiger partial charge < -0.3 is 25.4 Å². The lowest BCUT2D eigenvalue weighted by atomic mass is 9.86. The number of aliphatic hydroxyl groups excluding tert-OH is 1. The molecule has 1 aliphatic heterocycles. The highest BCUT2D eigenvalue weighted by atomic mass is 19.4. The number of aromatic nitrogens is 1. The summed E-state index contributed by atoms with van der Waals surface area (Å²) in [5.74, 6) is -0.669. The number of methoxy groups -OCH3 is 1. The van der Waals surface area contributed by atoms with Crippen molar-refractivity contribution in [3.63, 3.8) is 0 Å². The van der Waals surface area contributed by atoms with Crippen LogP contribution in [0.5, 0.6) is 11.5 Å². The molecule has 0 saturated carbocycles. The van der Waals surface area contributed by atoms with Gasteiger partial charge in [0.1, 0.15) is 23.9 Å². The molecule has 2 heterocycles. The van der Waals surface area contributed by atoms with Crippen molar-refractivity contribution in [2.45, 2.75) is 49.9 Å². The van der Waals surface area contributed by atoms with Gasteiger partial charge in [-0.1, -0.05) is 12.1 Å². The van der Waals surface area contributed by atoms with E-state index >= 15 is 0 Å². The minimum Gasteiger partial charge on any atom is -0.496 e. The summed E-state index contributed by atoms with van der Waals surface area (Å²) in [6.45, 7) is 1.50. The maximum Gasteiger partial charge on any atom is 0.422 e. The molecule has 214 valence electrons. The molecule has 0 bridgehead atoms. The molecular formula is C29H30F4N2O5. The summed E-state index contributed by atoms with van der Waals surface area (Å²) in [5, 5.41) is 20.2. The van der Waals surface area contributed by atoms with Crippen molar-refractivity contribution in [1.82, 2.24) is 4.98 Å². The third-order valence-corrected chi connectivity index (χ3v) is 7.04. The van der Waals surface area contributed by atoms with E-state index in [1.165, 1.54) is 31.4 Å². The van der Waals surface area contributed by atoms with Crippen molar-refractivity contribution in [3.05, 3.63) is 76.7 Å². The Morgan fingerprint density at radius 2 is 1.88 bits per heavy atom. The Labute approximate surface area is 228 Å². The van der Waals surface area contributed by atoms with E-state index < -0.39 is 47.5 Å². The van der Waals surface area contributed by atoms with Crippen LogP contribution < -0.4 is 15.2 Å². The lowest BCUT2D eigenvalue weighted by molar-refractivity contribution is -0.270. The number of Topliss-reactive ketones (excluding diaryl/α,β-unsaturated/α-hetero) is 1. The third-order valence-electron chi connectivity index (χ3n) is 7.04. The summed E-state index contributed by atoms with van der Waals surface area (Å²) in [6.07, 6.45) is -5.91. The van der Waals surface area contributed by atoms with Crippen LogP contribution in [0.4, 0.5) is 17.6 Å². The molecule has 0 saturated heterocycles. The van der Waals surface area contributed by atoms with E-state index in [1.807, 2.05) is 0 Å². The fourth-order valence-electron chi connectivity index (χ4n) is 4.67. The number of pyridine rings is 1. The second kappa shape index (κ2) is 11.1. The number of aliphatic hydroxyl groups is 2. The molecule has 7 nitrogen and oxygen atoms in total. The van der Waals surface area contributed by atoms with Gasteiger partial charge in [-0.25, -0.2) is 9.37 Å². The monoisotopic (exact) mass is 562 g/mol.